The Balaban J connectivity index is 2.19. The van der Waals surface area contributed by atoms with Gasteiger partial charge in [0.15, 0.2) is 5.82 Å². The molecule has 0 radical (unpaired) electrons. The van der Waals surface area contributed by atoms with Crippen molar-refractivity contribution in [3.8, 4) is 0 Å². The Labute approximate surface area is 143 Å². The number of benzene rings is 1. The Bertz CT molecular complexity index is 875. The average molecular weight is 404 g/mol. The first-order valence-corrected chi connectivity index (χ1v) is 8.20. The molecule has 0 bridgehead atoms. The van der Waals surface area contributed by atoms with E-state index in [0.717, 1.165) is 18.2 Å². The van der Waals surface area contributed by atoms with Crippen molar-refractivity contribution in [1.82, 2.24) is 9.82 Å². The van der Waals surface area contributed by atoms with Crippen LogP contribution < -0.4 is 10.3 Å². The van der Waals surface area contributed by atoms with Gasteiger partial charge in [0.2, 0.25) is 0 Å². The topological polar surface area (TPSA) is 71.1 Å². The highest BCUT2D eigenvalue weighted by Crippen LogP contribution is 2.32. The minimum Gasteiger partial charge on any atom is -0.291 e. The Hall–Kier alpha value is -1.62. The highest BCUT2D eigenvalue weighted by Gasteiger charge is 2.31. The van der Waals surface area contributed by atoms with Crippen LogP contribution in [0.4, 0.5) is 23.4 Å². The molecule has 2 aromatic rings. The normalized spacial score (nSPS) is 12.2. The van der Waals surface area contributed by atoms with Crippen LogP contribution in [0.5, 0.6) is 0 Å². The lowest BCUT2D eigenvalue weighted by Crippen LogP contribution is -2.30. The van der Waals surface area contributed by atoms with Gasteiger partial charge >= 0.3 is 6.18 Å². The van der Waals surface area contributed by atoms with E-state index in [-0.39, 0.29) is 10.7 Å². The summed E-state index contributed by atoms with van der Waals surface area (Å²) < 4.78 is 74.5. The van der Waals surface area contributed by atoms with Crippen LogP contribution in [0, 0.1) is 5.82 Å². The van der Waals surface area contributed by atoms with Crippen LogP contribution >= 0.6 is 23.2 Å². The Morgan fingerprint density at radius 1 is 1.08 bits per heavy atom. The van der Waals surface area contributed by atoms with Crippen LogP contribution in [0.3, 0.4) is 0 Å². The molecule has 1 aromatic heterocycles. The number of halogens is 6. The fraction of sp³-hybridized carbons (Fsp3) is 0.0833. The van der Waals surface area contributed by atoms with E-state index >= 15 is 0 Å². The summed E-state index contributed by atoms with van der Waals surface area (Å²) in [7, 11) is -4.19. The fourth-order valence-electron chi connectivity index (χ4n) is 1.50. The average Bonchev–Trinajstić information content (AvgIpc) is 2.47. The SMILES string of the molecule is O=S(=O)(NNc1ncc(C(F)(F)F)cc1Cl)c1ccc(F)c(Cl)c1. The molecule has 0 aliphatic heterocycles. The molecule has 1 heterocycles. The monoisotopic (exact) mass is 403 g/mol. The lowest BCUT2D eigenvalue weighted by molar-refractivity contribution is -0.137. The number of anilines is 1. The first-order valence-electron chi connectivity index (χ1n) is 5.96. The molecular weight excluding hydrogens is 397 g/mol. The van der Waals surface area contributed by atoms with Crippen molar-refractivity contribution >= 4 is 39.0 Å². The molecule has 0 atom stereocenters. The van der Waals surface area contributed by atoms with Gasteiger partial charge in [0, 0.05) is 6.20 Å². The van der Waals surface area contributed by atoms with E-state index in [1.54, 1.807) is 0 Å². The Morgan fingerprint density at radius 2 is 1.75 bits per heavy atom. The summed E-state index contributed by atoms with van der Waals surface area (Å²) in [4.78, 5) is 4.88. The molecule has 0 spiro atoms. The molecule has 130 valence electrons. The van der Waals surface area contributed by atoms with Gasteiger partial charge in [-0.15, -0.1) is 4.83 Å². The number of nitrogens with zero attached hydrogens (tertiary/aromatic N) is 1. The second-order valence-electron chi connectivity index (χ2n) is 4.36. The molecule has 1 aromatic carbocycles. The van der Waals surface area contributed by atoms with Gasteiger partial charge in [-0.25, -0.2) is 17.8 Å². The molecule has 0 aliphatic rings. The molecule has 5 nitrogen and oxygen atoms in total. The van der Waals surface area contributed by atoms with Gasteiger partial charge in [0.1, 0.15) is 5.82 Å². The maximum absolute atomic E-state index is 13.0. The van der Waals surface area contributed by atoms with E-state index in [9.17, 15) is 26.0 Å². The molecule has 0 saturated carbocycles. The van der Waals surface area contributed by atoms with E-state index in [0.29, 0.717) is 12.3 Å². The maximum atomic E-state index is 13.0. The standard InChI is InChI=1S/C12H7Cl2F4N3O2S/c13-8-4-7(1-2-10(8)15)24(22,23)21-20-11-9(14)3-6(5-19-11)12(16,17)18/h1-5,21H,(H,19,20). The summed E-state index contributed by atoms with van der Waals surface area (Å²) in [5.41, 5.74) is 0.988. The van der Waals surface area contributed by atoms with Crippen LogP contribution in [0.25, 0.3) is 0 Å². The number of pyridine rings is 1. The van der Waals surface area contributed by atoms with Crippen LogP contribution in [-0.2, 0) is 16.2 Å². The first kappa shape index (κ1) is 18.7. The first-order chi connectivity index (χ1) is 11.0. The molecule has 2 N–H and O–H groups in total. The summed E-state index contributed by atoms with van der Waals surface area (Å²) in [5, 5.41) is -0.867. The molecular formula is C12H7Cl2F4N3O2S. The number of nitrogens with one attached hydrogen (secondary N) is 2. The number of hydrogen-bond acceptors (Lipinski definition) is 4. The Morgan fingerprint density at radius 3 is 2.29 bits per heavy atom. The summed E-state index contributed by atoms with van der Waals surface area (Å²) in [6.45, 7) is 0. The molecule has 0 unspecified atom stereocenters. The largest absolute Gasteiger partial charge is 0.417 e. The predicted octanol–water partition coefficient (Wildman–Crippen LogP) is 3.85. The summed E-state index contributed by atoms with van der Waals surface area (Å²) in [6, 6.07) is 3.25. The van der Waals surface area contributed by atoms with E-state index in [1.165, 1.54) is 0 Å². The minimum absolute atomic E-state index is 0.346. The molecule has 0 aliphatic carbocycles. The van der Waals surface area contributed by atoms with Crippen molar-refractivity contribution in [3.05, 3.63) is 51.9 Å². The van der Waals surface area contributed by atoms with Gasteiger partial charge in [-0.1, -0.05) is 23.2 Å². The summed E-state index contributed by atoms with van der Waals surface area (Å²) in [6.07, 6.45) is -4.16. The van der Waals surface area contributed by atoms with Crippen molar-refractivity contribution in [2.45, 2.75) is 11.1 Å². The molecule has 0 fully saturated rings. The van der Waals surface area contributed by atoms with E-state index < -0.39 is 37.6 Å². The summed E-state index contributed by atoms with van der Waals surface area (Å²) >= 11 is 11.1. The number of aromatic nitrogens is 1. The van der Waals surface area contributed by atoms with Gasteiger partial charge in [0.25, 0.3) is 10.0 Å². The van der Waals surface area contributed by atoms with Crippen molar-refractivity contribution < 1.29 is 26.0 Å². The fourth-order valence-corrected chi connectivity index (χ4v) is 2.83. The number of rotatable bonds is 4. The number of alkyl halides is 3. The highest BCUT2D eigenvalue weighted by atomic mass is 35.5. The Kier molecular flexibility index (Phi) is 5.23. The third-order valence-corrected chi connectivity index (χ3v) is 4.50. The van der Waals surface area contributed by atoms with Crippen LogP contribution in [0.1, 0.15) is 5.56 Å². The number of hydrogen-bond donors (Lipinski definition) is 2. The second-order valence-corrected chi connectivity index (χ2v) is 6.86. The van der Waals surface area contributed by atoms with E-state index in [2.05, 4.69) is 10.4 Å². The molecule has 24 heavy (non-hydrogen) atoms. The van der Waals surface area contributed by atoms with E-state index in [4.69, 9.17) is 23.2 Å². The number of sulfonamides is 1. The van der Waals surface area contributed by atoms with Crippen LogP contribution in [-0.4, -0.2) is 13.4 Å². The van der Waals surface area contributed by atoms with E-state index in [1.807, 2.05) is 4.83 Å². The predicted molar refractivity (Wildman–Crippen MR) is 79.6 cm³/mol. The second kappa shape index (κ2) is 6.71. The third kappa shape index (κ3) is 4.26. The lowest BCUT2D eigenvalue weighted by atomic mass is 10.3. The zero-order valence-electron chi connectivity index (χ0n) is 11.3. The maximum Gasteiger partial charge on any atom is 0.417 e. The van der Waals surface area contributed by atoms with Gasteiger partial charge in [-0.2, -0.15) is 13.2 Å². The van der Waals surface area contributed by atoms with Crippen LogP contribution in [0.15, 0.2) is 35.4 Å². The van der Waals surface area contributed by atoms with Gasteiger partial charge in [-0.05, 0) is 24.3 Å². The molecule has 2 rings (SSSR count). The zero-order chi connectivity index (χ0) is 18.1. The van der Waals surface area contributed by atoms with Crippen LogP contribution in [0.2, 0.25) is 10.0 Å². The highest BCUT2D eigenvalue weighted by molar-refractivity contribution is 7.89. The molecule has 12 heteroatoms. The van der Waals surface area contributed by atoms with Gasteiger partial charge in [0.05, 0.1) is 20.5 Å². The molecule has 0 amide bonds. The van der Waals surface area contributed by atoms with Crippen molar-refractivity contribution in [1.29, 1.82) is 0 Å². The number of hydrazine groups is 1. The van der Waals surface area contributed by atoms with Gasteiger partial charge < -0.3 is 0 Å². The zero-order valence-corrected chi connectivity index (χ0v) is 13.7. The van der Waals surface area contributed by atoms with Crippen molar-refractivity contribution in [3.63, 3.8) is 0 Å². The van der Waals surface area contributed by atoms with Gasteiger partial charge in [-0.3, -0.25) is 5.43 Å². The lowest BCUT2D eigenvalue weighted by Gasteiger charge is -2.12. The molecule has 0 saturated heterocycles. The van der Waals surface area contributed by atoms with Crippen molar-refractivity contribution in [2.75, 3.05) is 5.43 Å². The summed E-state index contributed by atoms with van der Waals surface area (Å²) in [5.74, 6) is -1.16. The smallest absolute Gasteiger partial charge is 0.291 e. The van der Waals surface area contributed by atoms with Crippen molar-refractivity contribution in [2.24, 2.45) is 0 Å². The quantitative estimate of drug-likeness (QED) is 0.600. The minimum atomic E-state index is -4.64. The third-order valence-electron chi connectivity index (χ3n) is 2.67.